The Kier molecular flexibility index (Phi) is 9.25. The molecule has 1 aliphatic rings. The van der Waals surface area contributed by atoms with Gasteiger partial charge in [-0.2, -0.15) is 0 Å². The van der Waals surface area contributed by atoms with Crippen LogP contribution in [-0.4, -0.2) is 62.3 Å². The predicted octanol–water partition coefficient (Wildman–Crippen LogP) is 2.62. The molecule has 0 aliphatic carbocycles. The van der Waals surface area contributed by atoms with Crippen molar-refractivity contribution < 1.29 is 9.84 Å². The fraction of sp³-hybridized carbons (Fsp3) is 0.667. The first-order chi connectivity index (χ1) is 13.1. The molecule has 1 aliphatic heterocycles. The highest BCUT2D eigenvalue weighted by Crippen LogP contribution is 2.29. The van der Waals surface area contributed by atoms with Crippen molar-refractivity contribution in [1.82, 2.24) is 15.5 Å². The van der Waals surface area contributed by atoms with E-state index in [0.29, 0.717) is 18.7 Å². The summed E-state index contributed by atoms with van der Waals surface area (Å²) in [5, 5.41) is 16.8. The van der Waals surface area contributed by atoms with E-state index in [2.05, 4.69) is 34.4 Å². The van der Waals surface area contributed by atoms with Crippen LogP contribution in [0.25, 0.3) is 0 Å². The number of hydrogen-bond acceptors (Lipinski definition) is 4. The first-order valence-corrected chi connectivity index (χ1v) is 10.2. The Bertz CT molecular complexity index is 584. The third-order valence-corrected chi connectivity index (χ3v) is 5.11. The zero-order valence-corrected chi connectivity index (χ0v) is 17.1. The lowest BCUT2D eigenvalue weighted by molar-refractivity contribution is 0.192. The van der Waals surface area contributed by atoms with Crippen LogP contribution in [0.15, 0.2) is 23.2 Å². The Balaban J connectivity index is 1.73. The summed E-state index contributed by atoms with van der Waals surface area (Å²) in [5.74, 6) is 2.46. The molecule has 0 unspecified atom stereocenters. The van der Waals surface area contributed by atoms with Crippen LogP contribution >= 0.6 is 0 Å². The number of nitrogens with one attached hydrogen (secondary N) is 2. The Hall–Kier alpha value is -1.95. The molecule has 1 saturated heterocycles. The normalized spacial score (nSPS) is 16.3. The van der Waals surface area contributed by atoms with Crippen LogP contribution in [-0.2, 0) is 6.42 Å². The van der Waals surface area contributed by atoms with Crippen LogP contribution < -0.4 is 15.4 Å². The number of guanidine groups is 1. The molecule has 2 rings (SSSR count). The van der Waals surface area contributed by atoms with Crippen molar-refractivity contribution in [2.24, 2.45) is 10.9 Å². The number of nitrogens with zero attached hydrogens (tertiary/aromatic N) is 2. The molecule has 1 fully saturated rings. The van der Waals surface area contributed by atoms with Gasteiger partial charge < -0.3 is 25.4 Å². The predicted molar refractivity (Wildman–Crippen MR) is 112 cm³/mol. The largest absolute Gasteiger partial charge is 0.504 e. The van der Waals surface area contributed by atoms with Crippen LogP contribution in [0.4, 0.5) is 0 Å². The number of methoxy groups -OCH3 is 1. The molecular formula is C21H36N4O2. The second-order valence-corrected chi connectivity index (χ2v) is 7.28. The van der Waals surface area contributed by atoms with E-state index < -0.39 is 0 Å². The summed E-state index contributed by atoms with van der Waals surface area (Å²) in [6, 6.07) is 5.58. The minimum atomic E-state index is 0.222. The third kappa shape index (κ3) is 7.29. The van der Waals surface area contributed by atoms with Gasteiger partial charge in [-0.05, 0) is 69.8 Å². The molecule has 152 valence electrons. The standard InChI is InChI=1S/C21H36N4O2/c1-4-22-21(23-12-6-14-25-15-10-17(2)11-16-25)24-13-9-18-7-5-8-19(27-3)20(18)26/h5,7-8,17,26H,4,6,9-16H2,1-3H3,(H2,22,23,24). The average Bonchev–Trinajstić information content (AvgIpc) is 2.68. The summed E-state index contributed by atoms with van der Waals surface area (Å²) in [4.78, 5) is 7.24. The zero-order chi connectivity index (χ0) is 19.5. The number of para-hydroxylation sites is 1. The van der Waals surface area contributed by atoms with Gasteiger partial charge in [-0.1, -0.05) is 19.1 Å². The Morgan fingerprint density at radius 2 is 2.07 bits per heavy atom. The van der Waals surface area contributed by atoms with Crippen molar-refractivity contribution >= 4 is 5.96 Å². The van der Waals surface area contributed by atoms with E-state index in [1.54, 1.807) is 13.2 Å². The van der Waals surface area contributed by atoms with E-state index in [0.717, 1.165) is 43.5 Å². The SMILES string of the molecule is CCNC(=NCCCN1CCC(C)CC1)NCCc1cccc(OC)c1O. The van der Waals surface area contributed by atoms with Crippen molar-refractivity contribution in [2.75, 3.05) is 46.4 Å². The van der Waals surface area contributed by atoms with E-state index in [9.17, 15) is 5.11 Å². The van der Waals surface area contributed by atoms with Gasteiger partial charge in [0.15, 0.2) is 17.5 Å². The maximum Gasteiger partial charge on any atom is 0.191 e. The molecule has 0 saturated carbocycles. The van der Waals surface area contributed by atoms with Gasteiger partial charge in [-0.15, -0.1) is 0 Å². The Labute approximate surface area is 164 Å². The maximum absolute atomic E-state index is 10.2. The molecule has 6 heteroatoms. The lowest BCUT2D eigenvalue weighted by Gasteiger charge is -2.29. The molecule has 1 heterocycles. The number of phenolic OH excluding ortho intramolecular Hbond substituents is 1. The second-order valence-electron chi connectivity index (χ2n) is 7.28. The Morgan fingerprint density at radius 1 is 1.30 bits per heavy atom. The number of benzene rings is 1. The molecule has 27 heavy (non-hydrogen) atoms. The average molecular weight is 377 g/mol. The summed E-state index contributed by atoms with van der Waals surface area (Å²) in [5.41, 5.74) is 0.872. The Morgan fingerprint density at radius 3 is 2.78 bits per heavy atom. The fourth-order valence-corrected chi connectivity index (χ4v) is 3.36. The summed E-state index contributed by atoms with van der Waals surface area (Å²) in [7, 11) is 1.57. The lowest BCUT2D eigenvalue weighted by atomic mass is 9.99. The zero-order valence-electron chi connectivity index (χ0n) is 17.1. The third-order valence-electron chi connectivity index (χ3n) is 5.11. The number of aliphatic imine (C=N–C) groups is 1. The van der Waals surface area contributed by atoms with E-state index in [1.807, 2.05) is 12.1 Å². The van der Waals surface area contributed by atoms with Gasteiger partial charge in [-0.25, -0.2) is 0 Å². The number of ether oxygens (including phenoxy) is 1. The van der Waals surface area contributed by atoms with Gasteiger partial charge >= 0.3 is 0 Å². The number of piperidine rings is 1. The van der Waals surface area contributed by atoms with Crippen LogP contribution in [0.2, 0.25) is 0 Å². The molecule has 0 aromatic heterocycles. The van der Waals surface area contributed by atoms with E-state index in [-0.39, 0.29) is 5.75 Å². The first-order valence-electron chi connectivity index (χ1n) is 10.2. The molecular weight excluding hydrogens is 340 g/mol. The van der Waals surface area contributed by atoms with Crippen LogP contribution in [0.3, 0.4) is 0 Å². The lowest BCUT2D eigenvalue weighted by Crippen LogP contribution is -2.38. The minimum absolute atomic E-state index is 0.222. The number of aromatic hydroxyl groups is 1. The highest BCUT2D eigenvalue weighted by Gasteiger charge is 2.14. The van der Waals surface area contributed by atoms with Crippen LogP contribution in [0, 0.1) is 5.92 Å². The van der Waals surface area contributed by atoms with Crippen molar-refractivity contribution in [3.63, 3.8) is 0 Å². The van der Waals surface area contributed by atoms with Crippen molar-refractivity contribution in [2.45, 2.75) is 39.5 Å². The van der Waals surface area contributed by atoms with Crippen molar-refractivity contribution in [3.05, 3.63) is 23.8 Å². The quantitative estimate of drug-likeness (QED) is 0.351. The van der Waals surface area contributed by atoms with E-state index in [4.69, 9.17) is 4.74 Å². The van der Waals surface area contributed by atoms with E-state index >= 15 is 0 Å². The molecule has 0 amide bonds. The highest BCUT2D eigenvalue weighted by molar-refractivity contribution is 5.79. The number of rotatable bonds is 9. The molecule has 1 aromatic rings. The smallest absolute Gasteiger partial charge is 0.191 e. The molecule has 3 N–H and O–H groups in total. The summed E-state index contributed by atoms with van der Waals surface area (Å²) in [6.07, 6.45) is 4.44. The minimum Gasteiger partial charge on any atom is -0.504 e. The van der Waals surface area contributed by atoms with Gasteiger partial charge in [0.1, 0.15) is 0 Å². The second kappa shape index (κ2) is 11.7. The molecule has 0 atom stereocenters. The molecule has 0 radical (unpaired) electrons. The first kappa shape index (κ1) is 21.4. The number of hydrogen-bond donors (Lipinski definition) is 3. The van der Waals surface area contributed by atoms with Gasteiger partial charge in [0.2, 0.25) is 0 Å². The molecule has 6 nitrogen and oxygen atoms in total. The fourth-order valence-electron chi connectivity index (χ4n) is 3.36. The summed E-state index contributed by atoms with van der Waals surface area (Å²) < 4.78 is 5.16. The van der Waals surface area contributed by atoms with Crippen molar-refractivity contribution in [1.29, 1.82) is 0 Å². The summed E-state index contributed by atoms with van der Waals surface area (Å²) in [6.45, 7) is 10.4. The van der Waals surface area contributed by atoms with Gasteiger partial charge in [0.25, 0.3) is 0 Å². The van der Waals surface area contributed by atoms with Crippen LogP contribution in [0.1, 0.15) is 38.7 Å². The van der Waals surface area contributed by atoms with Gasteiger partial charge in [0, 0.05) is 19.6 Å². The monoisotopic (exact) mass is 376 g/mol. The summed E-state index contributed by atoms with van der Waals surface area (Å²) >= 11 is 0. The maximum atomic E-state index is 10.2. The topological polar surface area (TPSA) is 69.1 Å². The van der Waals surface area contributed by atoms with Crippen LogP contribution in [0.5, 0.6) is 11.5 Å². The molecule has 0 spiro atoms. The molecule has 0 bridgehead atoms. The number of likely N-dealkylation sites (tertiary alicyclic amines) is 1. The van der Waals surface area contributed by atoms with Gasteiger partial charge in [-0.3, -0.25) is 4.99 Å². The van der Waals surface area contributed by atoms with Crippen molar-refractivity contribution in [3.8, 4) is 11.5 Å². The molecule has 1 aromatic carbocycles. The highest BCUT2D eigenvalue weighted by atomic mass is 16.5. The number of phenols is 1. The van der Waals surface area contributed by atoms with E-state index in [1.165, 1.54) is 25.9 Å². The van der Waals surface area contributed by atoms with Gasteiger partial charge in [0.05, 0.1) is 7.11 Å².